The molecule has 19 heavy (non-hydrogen) atoms. The number of aromatic nitrogens is 3. The van der Waals surface area contributed by atoms with E-state index in [-0.39, 0.29) is 23.3 Å². The van der Waals surface area contributed by atoms with Gasteiger partial charge >= 0.3 is 6.01 Å². The molecule has 3 aromatic rings. The number of rotatable bonds is 2. The van der Waals surface area contributed by atoms with Gasteiger partial charge in [0, 0.05) is 0 Å². The summed E-state index contributed by atoms with van der Waals surface area (Å²) in [5, 5.41) is 11.6. The van der Waals surface area contributed by atoms with Gasteiger partial charge in [-0.1, -0.05) is 12.1 Å². The van der Waals surface area contributed by atoms with Crippen molar-refractivity contribution in [2.24, 2.45) is 0 Å². The van der Waals surface area contributed by atoms with Crippen LogP contribution in [0.5, 0.6) is 0 Å². The van der Waals surface area contributed by atoms with E-state index in [1.807, 2.05) is 24.3 Å². The van der Waals surface area contributed by atoms with Crippen LogP contribution in [0.15, 0.2) is 34.9 Å². The number of oxazole rings is 1. The first-order valence-electron chi connectivity index (χ1n) is 5.41. The van der Waals surface area contributed by atoms with Crippen LogP contribution >= 0.6 is 0 Å². The molecule has 0 amide bonds. The van der Waals surface area contributed by atoms with Gasteiger partial charge in [0.15, 0.2) is 11.3 Å². The van der Waals surface area contributed by atoms with Crippen molar-refractivity contribution in [1.82, 2.24) is 15.0 Å². The van der Waals surface area contributed by atoms with Crippen molar-refractivity contribution in [2.45, 2.75) is 0 Å². The third-order valence-electron chi connectivity index (χ3n) is 2.44. The fourth-order valence-electron chi connectivity index (χ4n) is 1.56. The standard InChI is InChI=1S/C12H8N6O/c13-5-9-7(14)6-15-11(16-9)18-12-17-8-3-1-2-4-10(8)19-12/h1-4,6H,14H2,(H,15,16,17,18). The van der Waals surface area contributed by atoms with E-state index in [2.05, 4.69) is 20.3 Å². The Morgan fingerprint density at radius 1 is 1.26 bits per heavy atom. The maximum absolute atomic E-state index is 8.84. The molecule has 3 rings (SSSR count). The summed E-state index contributed by atoms with van der Waals surface area (Å²) < 4.78 is 5.46. The minimum atomic E-state index is 0.105. The van der Waals surface area contributed by atoms with Crippen molar-refractivity contribution in [3.05, 3.63) is 36.2 Å². The zero-order valence-electron chi connectivity index (χ0n) is 9.66. The molecular formula is C12H8N6O. The van der Waals surface area contributed by atoms with Gasteiger partial charge in [-0.25, -0.2) is 4.98 Å². The van der Waals surface area contributed by atoms with Crippen LogP contribution < -0.4 is 11.1 Å². The lowest BCUT2D eigenvalue weighted by molar-refractivity contribution is 0.621. The van der Waals surface area contributed by atoms with Crippen molar-refractivity contribution in [2.75, 3.05) is 11.1 Å². The van der Waals surface area contributed by atoms with Crippen molar-refractivity contribution in [1.29, 1.82) is 5.26 Å². The highest BCUT2D eigenvalue weighted by atomic mass is 16.4. The molecule has 3 N–H and O–H groups in total. The second-order valence-corrected chi connectivity index (χ2v) is 3.72. The van der Waals surface area contributed by atoms with Gasteiger partial charge in [0.2, 0.25) is 5.95 Å². The highest BCUT2D eigenvalue weighted by Gasteiger charge is 2.08. The van der Waals surface area contributed by atoms with Gasteiger partial charge < -0.3 is 10.2 Å². The van der Waals surface area contributed by atoms with Gasteiger partial charge in [0.05, 0.1) is 11.9 Å². The number of nitrogens with zero attached hydrogens (tertiary/aromatic N) is 4. The summed E-state index contributed by atoms with van der Waals surface area (Å²) in [6.45, 7) is 0. The first kappa shape index (κ1) is 11.0. The number of benzene rings is 1. The summed E-state index contributed by atoms with van der Waals surface area (Å²) in [4.78, 5) is 12.1. The Bertz CT molecular complexity index is 755. The van der Waals surface area contributed by atoms with Gasteiger partial charge in [-0.05, 0) is 12.1 Å². The fraction of sp³-hybridized carbons (Fsp3) is 0. The molecule has 0 aliphatic rings. The average molecular weight is 252 g/mol. The van der Waals surface area contributed by atoms with E-state index < -0.39 is 0 Å². The van der Waals surface area contributed by atoms with Crippen LogP contribution in [0.3, 0.4) is 0 Å². The summed E-state index contributed by atoms with van der Waals surface area (Å²) in [5.74, 6) is 0.206. The molecule has 0 atom stereocenters. The van der Waals surface area contributed by atoms with Gasteiger partial charge in [-0.15, -0.1) is 0 Å². The second kappa shape index (κ2) is 4.27. The van der Waals surface area contributed by atoms with E-state index >= 15 is 0 Å². The van der Waals surface area contributed by atoms with E-state index in [1.165, 1.54) is 6.20 Å². The van der Waals surface area contributed by atoms with Crippen LogP contribution in [0.25, 0.3) is 11.1 Å². The highest BCUT2D eigenvalue weighted by molar-refractivity contribution is 5.74. The highest BCUT2D eigenvalue weighted by Crippen LogP contribution is 2.20. The maximum Gasteiger partial charge on any atom is 0.302 e. The number of hydrogen-bond acceptors (Lipinski definition) is 7. The van der Waals surface area contributed by atoms with Crippen LogP contribution in [-0.4, -0.2) is 15.0 Å². The van der Waals surface area contributed by atoms with E-state index in [9.17, 15) is 0 Å². The van der Waals surface area contributed by atoms with Crippen LogP contribution in [0.1, 0.15) is 5.69 Å². The topological polar surface area (TPSA) is 114 Å². The van der Waals surface area contributed by atoms with Gasteiger partial charge in [-0.3, -0.25) is 5.32 Å². The quantitative estimate of drug-likeness (QED) is 0.714. The van der Waals surface area contributed by atoms with Gasteiger partial charge in [0.1, 0.15) is 11.6 Å². The number of nitriles is 1. The normalized spacial score (nSPS) is 10.3. The summed E-state index contributed by atoms with van der Waals surface area (Å²) in [6, 6.07) is 9.49. The van der Waals surface area contributed by atoms with Gasteiger partial charge in [0.25, 0.3) is 0 Å². The number of hydrogen-bond donors (Lipinski definition) is 2. The first-order valence-corrected chi connectivity index (χ1v) is 5.41. The molecule has 0 saturated heterocycles. The molecule has 0 radical (unpaired) electrons. The van der Waals surface area contributed by atoms with Crippen molar-refractivity contribution in [3.63, 3.8) is 0 Å². The van der Waals surface area contributed by atoms with Crippen LogP contribution in [0, 0.1) is 11.3 Å². The summed E-state index contributed by atoms with van der Waals surface area (Å²) in [5.41, 5.74) is 7.25. The zero-order chi connectivity index (χ0) is 13.2. The molecule has 7 heteroatoms. The number of nitrogen functional groups attached to an aromatic ring is 1. The number of nitrogens with two attached hydrogens (primary N) is 1. The molecule has 0 unspecified atom stereocenters. The maximum atomic E-state index is 8.84. The fourth-order valence-corrected chi connectivity index (χ4v) is 1.56. The predicted octanol–water partition coefficient (Wildman–Crippen LogP) is 1.82. The van der Waals surface area contributed by atoms with E-state index in [0.717, 1.165) is 5.52 Å². The molecule has 2 heterocycles. The van der Waals surface area contributed by atoms with E-state index in [4.69, 9.17) is 15.4 Å². The Balaban J connectivity index is 1.94. The Morgan fingerprint density at radius 2 is 2.11 bits per heavy atom. The van der Waals surface area contributed by atoms with Crippen LogP contribution in [0.4, 0.5) is 17.7 Å². The Kier molecular flexibility index (Phi) is 2.47. The third kappa shape index (κ3) is 2.02. The Hall–Kier alpha value is -3.14. The molecule has 7 nitrogen and oxygen atoms in total. The second-order valence-electron chi connectivity index (χ2n) is 3.72. The van der Waals surface area contributed by atoms with E-state index in [0.29, 0.717) is 5.58 Å². The predicted molar refractivity (Wildman–Crippen MR) is 68.5 cm³/mol. The SMILES string of the molecule is N#Cc1nc(Nc2nc3ccccc3o2)ncc1N. The lowest BCUT2D eigenvalue weighted by Crippen LogP contribution is -2.01. The summed E-state index contributed by atoms with van der Waals surface area (Å²) in [6.07, 6.45) is 1.36. The van der Waals surface area contributed by atoms with Crippen molar-refractivity contribution >= 4 is 28.8 Å². The number of para-hydroxylation sites is 2. The van der Waals surface area contributed by atoms with Crippen LogP contribution in [0.2, 0.25) is 0 Å². The molecule has 2 aromatic heterocycles. The smallest absolute Gasteiger partial charge is 0.302 e. The lowest BCUT2D eigenvalue weighted by Gasteiger charge is -2.00. The summed E-state index contributed by atoms with van der Waals surface area (Å²) in [7, 11) is 0. The van der Waals surface area contributed by atoms with Crippen molar-refractivity contribution in [3.8, 4) is 6.07 Å². The first-order chi connectivity index (χ1) is 9.26. The summed E-state index contributed by atoms with van der Waals surface area (Å²) >= 11 is 0. The third-order valence-corrected chi connectivity index (χ3v) is 2.44. The van der Waals surface area contributed by atoms with Crippen molar-refractivity contribution < 1.29 is 4.42 Å². The lowest BCUT2D eigenvalue weighted by atomic mass is 10.3. The molecule has 1 aromatic carbocycles. The molecule has 0 aliphatic carbocycles. The zero-order valence-corrected chi connectivity index (χ0v) is 9.66. The monoisotopic (exact) mass is 252 g/mol. The number of anilines is 3. The molecule has 0 bridgehead atoms. The Labute approximate surface area is 107 Å². The molecule has 0 saturated carbocycles. The molecule has 0 fully saturated rings. The average Bonchev–Trinajstić information content (AvgIpc) is 2.83. The Morgan fingerprint density at radius 3 is 2.89 bits per heavy atom. The van der Waals surface area contributed by atoms with E-state index in [1.54, 1.807) is 6.07 Å². The molecule has 92 valence electrons. The minimum absolute atomic E-state index is 0.105. The largest absolute Gasteiger partial charge is 0.423 e. The molecule has 0 aliphatic heterocycles. The van der Waals surface area contributed by atoms with Gasteiger partial charge in [-0.2, -0.15) is 15.2 Å². The number of fused-ring (bicyclic) bond motifs is 1. The molecule has 0 spiro atoms. The van der Waals surface area contributed by atoms with Crippen LogP contribution in [-0.2, 0) is 0 Å². The molecular weight excluding hydrogens is 244 g/mol. The minimum Gasteiger partial charge on any atom is -0.423 e. The number of nitrogens with one attached hydrogen (secondary N) is 1.